The highest BCUT2D eigenvalue weighted by Crippen LogP contribution is 2.32. The van der Waals surface area contributed by atoms with Crippen LogP contribution in [0.15, 0.2) is 83.9 Å². The van der Waals surface area contributed by atoms with Crippen LogP contribution in [0, 0.1) is 6.92 Å². The fourth-order valence-electron chi connectivity index (χ4n) is 4.75. The van der Waals surface area contributed by atoms with Crippen LogP contribution in [0.4, 0.5) is 0 Å². The van der Waals surface area contributed by atoms with Crippen molar-refractivity contribution < 1.29 is 13.2 Å². The number of aryl methyl sites for hydroxylation is 1. The van der Waals surface area contributed by atoms with Crippen LogP contribution in [0.2, 0.25) is 0 Å². The van der Waals surface area contributed by atoms with Crippen LogP contribution in [0.25, 0.3) is 5.52 Å². The molecule has 0 bridgehead atoms. The fourth-order valence-corrected chi connectivity index (χ4v) is 6.24. The van der Waals surface area contributed by atoms with Gasteiger partial charge in [0.25, 0.3) is 5.91 Å². The van der Waals surface area contributed by atoms with Crippen molar-refractivity contribution in [3.8, 4) is 0 Å². The highest BCUT2D eigenvalue weighted by Gasteiger charge is 2.30. The van der Waals surface area contributed by atoms with E-state index < -0.39 is 10.0 Å². The molecule has 7 nitrogen and oxygen atoms in total. The average molecular weight is 489 g/mol. The monoisotopic (exact) mass is 488 g/mol. The van der Waals surface area contributed by atoms with Gasteiger partial charge in [0, 0.05) is 25.8 Å². The number of nitrogens with one attached hydrogen (secondary N) is 1. The lowest BCUT2D eigenvalue weighted by molar-refractivity contribution is 0.0952. The zero-order valence-corrected chi connectivity index (χ0v) is 20.4. The third kappa shape index (κ3) is 4.72. The van der Waals surface area contributed by atoms with Gasteiger partial charge in [0.2, 0.25) is 10.0 Å². The number of carbonyl (C=O) groups is 1. The molecular weight excluding hydrogens is 460 g/mol. The Morgan fingerprint density at radius 3 is 2.34 bits per heavy atom. The van der Waals surface area contributed by atoms with Crippen LogP contribution in [-0.2, 0) is 16.6 Å². The molecule has 2 aromatic heterocycles. The summed E-state index contributed by atoms with van der Waals surface area (Å²) in [6.07, 6.45) is 3.34. The zero-order valence-electron chi connectivity index (χ0n) is 19.6. The lowest BCUT2D eigenvalue weighted by atomic mass is 9.90. The quantitative estimate of drug-likeness (QED) is 0.442. The standard InChI is InChI=1S/C27H28N4O3S/c1-20-26(27(32)28-19-21-8-4-2-5-9-21)25-18-23(14-17-31(25)29-20)22-12-15-30(16-13-22)35(33,34)24-10-6-3-7-11-24/h2-11,14,17-18,22H,12-13,15-16,19H2,1H3,(H,28,32). The highest BCUT2D eigenvalue weighted by molar-refractivity contribution is 7.89. The first-order valence-electron chi connectivity index (χ1n) is 11.8. The number of rotatable bonds is 6. The van der Waals surface area contributed by atoms with Crippen molar-refractivity contribution in [2.45, 2.75) is 37.1 Å². The van der Waals surface area contributed by atoms with Gasteiger partial charge in [-0.1, -0.05) is 48.5 Å². The normalized spacial score (nSPS) is 15.3. The van der Waals surface area contributed by atoms with Crippen molar-refractivity contribution in [3.05, 3.63) is 101 Å². The van der Waals surface area contributed by atoms with Crippen LogP contribution < -0.4 is 5.32 Å². The van der Waals surface area contributed by atoms with E-state index in [0.717, 1.165) is 29.5 Å². The molecule has 0 unspecified atom stereocenters. The summed E-state index contributed by atoms with van der Waals surface area (Å²) in [4.78, 5) is 13.4. The molecule has 1 N–H and O–H groups in total. The summed E-state index contributed by atoms with van der Waals surface area (Å²) in [5.74, 6) is 0.0694. The minimum Gasteiger partial charge on any atom is -0.348 e. The summed E-state index contributed by atoms with van der Waals surface area (Å²) in [6, 6.07) is 22.4. The number of amides is 1. The molecule has 0 saturated carbocycles. The Morgan fingerprint density at radius 2 is 1.66 bits per heavy atom. The molecule has 1 aliphatic rings. The summed E-state index contributed by atoms with van der Waals surface area (Å²) in [5.41, 5.74) is 4.16. The van der Waals surface area contributed by atoms with E-state index in [9.17, 15) is 13.2 Å². The van der Waals surface area contributed by atoms with Gasteiger partial charge < -0.3 is 5.32 Å². The Morgan fingerprint density at radius 1 is 1.00 bits per heavy atom. The lowest BCUT2D eigenvalue weighted by Crippen LogP contribution is -2.37. The van der Waals surface area contributed by atoms with Crippen LogP contribution in [0.3, 0.4) is 0 Å². The van der Waals surface area contributed by atoms with Gasteiger partial charge >= 0.3 is 0 Å². The second kappa shape index (κ2) is 9.64. The van der Waals surface area contributed by atoms with Gasteiger partial charge in [-0.05, 0) is 61.1 Å². The number of hydrogen-bond donors (Lipinski definition) is 1. The Balaban J connectivity index is 1.32. The van der Waals surface area contributed by atoms with E-state index >= 15 is 0 Å². The minimum atomic E-state index is -3.48. The van der Waals surface area contributed by atoms with E-state index in [-0.39, 0.29) is 11.8 Å². The number of carbonyl (C=O) groups excluding carboxylic acids is 1. The molecule has 0 spiro atoms. The number of nitrogens with zero attached hydrogens (tertiary/aromatic N) is 3. The molecule has 180 valence electrons. The molecule has 0 atom stereocenters. The van der Waals surface area contributed by atoms with Gasteiger partial charge in [0.05, 0.1) is 21.7 Å². The second-order valence-corrected chi connectivity index (χ2v) is 10.8. The number of hydrogen-bond acceptors (Lipinski definition) is 4. The molecular formula is C27H28N4O3S. The van der Waals surface area contributed by atoms with E-state index in [0.29, 0.717) is 35.8 Å². The predicted octanol–water partition coefficient (Wildman–Crippen LogP) is 4.14. The third-order valence-electron chi connectivity index (χ3n) is 6.66. The number of piperidine rings is 1. The lowest BCUT2D eigenvalue weighted by Gasteiger charge is -2.31. The van der Waals surface area contributed by atoms with Gasteiger partial charge in [-0.3, -0.25) is 4.79 Å². The highest BCUT2D eigenvalue weighted by atomic mass is 32.2. The van der Waals surface area contributed by atoms with E-state index in [4.69, 9.17) is 0 Å². The van der Waals surface area contributed by atoms with Crippen LogP contribution in [0.5, 0.6) is 0 Å². The van der Waals surface area contributed by atoms with Crippen molar-refractivity contribution in [2.24, 2.45) is 0 Å². The maximum Gasteiger partial charge on any atom is 0.255 e. The number of aromatic nitrogens is 2. The van der Waals surface area contributed by atoms with Gasteiger partial charge in [0.15, 0.2) is 0 Å². The first-order valence-corrected chi connectivity index (χ1v) is 13.2. The Labute approximate surface area is 205 Å². The molecule has 1 aliphatic heterocycles. The Kier molecular flexibility index (Phi) is 6.40. The molecule has 2 aromatic carbocycles. The maximum atomic E-state index is 13.1. The number of benzene rings is 2. The smallest absolute Gasteiger partial charge is 0.255 e. The summed E-state index contributed by atoms with van der Waals surface area (Å²) in [6.45, 7) is 3.23. The number of fused-ring (bicyclic) bond motifs is 1. The SMILES string of the molecule is Cc1nn2ccc(C3CCN(S(=O)(=O)c4ccccc4)CC3)cc2c1C(=O)NCc1ccccc1. The Hall–Kier alpha value is -3.49. The van der Waals surface area contributed by atoms with Crippen LogP contribution in [-0.4, -0.2) is 41.3 Å². The fraction of sp³-hybridized carbons (Fsp3) is 0.259. The van der Waals surface area contributed by atoms with Crippen LogP contribution >= 0.6 is 0 Å². The molecule has 1 fully saturated rings. The molecule has 5 rings (SSSR count). The molecule has 4 aromatic rings. The summed E-state index contributed by atoms with van der Waals surface area (Å²) >= 11 is 0. The first kappa shape index (κ1) is 23.3. The third-order valence-corrected chi connectivity index (χ3v) is 8.58. The van der Waals surface area contributed by atoms with Crippen molar-refractivity contribution in [2.75, 3.05) is 13.1 Å². The van der Waals surface area contributed by atoms with Gasteiger partial charge in [-0.25, -0.2) is 12.9 Å². The van der Waals surface area contributed by atoms with Gasteiger partial charge in [-0.15, -0.1) is 0 Å². The molecule has 35 heavy (non-hydrogen) atoms. The molecule has 0 aliphatic carbocycles. The van der Waals surface area contributed by atoms with E-state index in [1.165, 1.54) is 0 Å². The van der Waals surface area contributed by atoms with E-state index in [1.807, 2.05) is 61.7 Å². The first-order chi connectivity index (χ1) is 16.9. The summed E-state index contributed by atoms with van der Waals surface area (Å²) < 4.78 is 29.2. The van der Waals surface area contributed by atoms with E-state index in [1.54, 1.807) is 33.1 Å². The van der Waals surface area contributed by atoms with Gasteiger partial charge in [-0.2, -0.15) is 9.40 Å². The second-order valence-electron chi connectivity index (χ2n) is 8.91. The van der Waals surface area contributed by atoms with Crippen molar-refractivity contribution in [1.29, 1.82) is 0 Å². The molecule has 0 radical (unpaired) electrons. The zero-order chi connectivity index (χ0) is 24.4. The molecule has 3 heterocycles. The van der Waals surface area contributed by atoms with E-state index in [2.05, 4.69) is 10.4 Å². The Bertz CT molecular complexity index is 1440. The van der Waals surface area contributed by atoms with Crippen molar-refractivity contribution >= 4 is 21.4 Å². The topological polar surface area (TPSA) is 83.8 Å². The number of sulfonamides is 1. The van der Waals surface area contributed by atoms with Gasteiger partial charge in [0.1, 0.15) is 0 Å². The predicted molar refractivity (Wildman–Crippen MR) is 135 cm³/mol. The minimum absolute atomic E-state index is 0.151. The van der Waals surface area contributed by atoms with Crippen LogP contribution in [0.1, 0.15) is 45.9 Å². The van der Waals surface area contributed by atoms with Crippen molar-refractivity contribution in [3.63, 3.8) is 0 Å². The maximum absolute atomic E-state index is 13.1. The largest absolute Gasteiger partial charge is 0.348 e. The average Bonchev–Trinajstić information content (AvgIpc) is 3.23. The molecule has 1 amide bonds. The number of pyridine rings is 1. The molecule has 1 saturated heterocycles. The van der Waals surface area contributed by atoms with Crippen molar-refractivity contribution in [1.82, 2.24) is 19.2 Å². The summed E-state index contributed by atoms with van der Waals surface area (Å²) in [5, 5.41) is 7.53. The summed E-state index contributed by atoms with van der Waals surface area (Å²) in [7, 11) is -3.48. The molecule has 8 heteroatoms.